The third-order valence-electron chi connectivity index (χ3n) is 13.8. The SMILES string of the molecule is CC1(C)Cc2cc3c(cc2C1)N(c1ccc(C(C)(C)C)cc1)c1cc(C(C)(C)C)cc2c1B3c1ccc(C(C)(C)C)cc1N2c1ccc2c3c(cccc13)CCC2. The van der Waals surface area contributed by atoms with Gasteiger partial charge in [0.2, 0.25) is 0 Å². The van der Waals surface area contributed by atoms with E-state index in [1.54, 1.807) is 0 Å². The van der Waals surface area contributed by atoms with E-state index < -0.39 is 0 Å². The Hall–Kier alpha value is -4.76. The molecule has 0 bridgehead atoms. The lowest BCUT2D eigenvalue weighted by Gasteiger charge is -2.46. The van der Waals surface area contributed by atoms with Crippen LogP contribution in [-0.2, 0) is 41.9 Å². The Morgan fingerprint density at radius 2 is 1.07 bits per heavy atom. The Morgan fingerprint density at radius 3 is 1.74 bits per heavy atom. The highest BCUT2D eigenvalue weighted by molar-refractivity contribution is 7.00. The van der Waals surface area contributed by atoms with Crippen LogP contribution in [-0.4, -0.2) is 6.71 Å². The second kappa shape index (κ2) is 12.1. The number of hydrogen-bond donors (Lipinski definition) is 0. The molecular formula is C54H59BN2. The van der Waals surface area contributed by atoms with Gasteiger partial charge in [-0.3, -0.25) is 0 Å². The average Bonchev–Trinajstić information content (AvgIpc) is 3.45. The maximum absolute atomic E-state index is 2.69. The standard InChI is InChI=1S/C54H59BN2/c1-51(2,3)37-19-22-40(23-20-37)56-45-27-36-32-54(10,11)31-35(36)26-43(45)55-42-24-21-38(52(4,5)6)28-46(42)57(48-30-39(53(7,8)9)29-47(56)50(48)55)44-25-18-34-15-12-14-33-16-13-17-41(44)49(33)34/h13,16-30H,12,14-15,31-32H2,1-11H3. The molecule has 0 aromatic heterocycles. The molecule has 2 nitrogen and oxygen atoms in total. The lowest BCUT2D eigenvalue weighted by atomic mass is 9.33. The van der Waals surface area contributed by atoms with E-state index in [1.807, 2.05) is 0 Å². The average molecular weight is 747 g/mol. The van der Waals surface area contributed by atoms with Crippen molar-refractivity contribution in [3.05, 3.63) is 136 Å². The Balaban J connectivity index is 1.33. The van der Waals surface area contributed by atoms with Gasteiger partial charge in [0.15, 0.2) is 0 Å². The summed E-state index contributed by atoms with van der Waals surface area (Å²) in [5, 5.41) is 2.85. The number of nitrogens with zero attached hydrogens (tertiary/aromatic N) is 2. The van der Waals surface area contributed by atoms with E-state index in [-0.39, 0.29) is 28.4 Å². The van der Waals surface area contributed by atoms with Crippen molar-refractivity contribution in [3.8, 4) is 0 Å². The van der Waals surface area contributed by atoms with Gasteiger partial charge in [-0.15, -0.1) is 0 Å². The summed E-state index contributed by atoms with van der Waals surface area (Å²) in [5.74, 6) is 0. The molecule has 4 aliphatic rings. The van der Waals surface area contributed by atoms with Gasteiger partial charge in [0.05, 0.1) is 5.69 Å². The smallest absolute Gasteiger partial charge is 0.252 e. The topological polar surface area (TPSA) is 6.48 Å². The van der Waals surface area contributed by atoms with Gasteiger partial charge in [-0.25, -0.2) is 0 Å². The van der Waals surface area contributed by atoms with Crippen LogP contribution in [0.1, 0.15) is 122 Å². The van der Waals surface area contributed by atoms with E-state index in [4.69, 9.17) is 0 Å². The second-order valence-corrected chi connectivity index (χ2v) is 21.7. The highest BCUT2D eigenvalue weighted by atomic mass is 15.2. The monoisotopic (exact) mass is 746 g/mol. The van der Waals surface area contributed by atoms with Crippen molar-refractivity contribution in [2.75, 3.05) is 9.80 Å². The molecule has 0 amide bonds. The van der Waals surface area contributed by atoms with Crippen molar-refractivity contribution >= 4 is 68.0 Å². The summed E-state index contributed by atoms with van der Waals surface area (Å²) in [6.07, 6.45) is 5.75. The lowest BCUT2D eigenvalue weighted by molar-refractivity contribution is 0.392. The first kappa shape index (κ1) is 36.6. The molecular weight excluding hydrogens is 687 g/mol. The molecule has 0 unspecified atom stereocenters. The number of fused-ring (bicyclic) bond motifs is 5. The number of aryl methyl sites for hydroxylation is 2. The maximum Gasteiger partial charge on any atom is 0.252 e. The predicted octanol–water partition coefficient (Wildman–Crippen LogP) is 12.4. The maximum atomic E-state index is 2.69. The second-order valence-electron chi connectivity index (χ2n) is 21.7. The van der Waals surface area contributed by atoms with E-state index in [0.717, 1.165) is 25.7 Å². The van der Waals surface area contributed by atoms with Gasteiger partial charge in [0, 0.05) is 33.8 Å². The van der Waals surface area contributed by atoms with E-state index in [2.05, 4.69) is 183 Å². The summed E-state index contributed by atoms with van der Waals surface area (Å²) < 4.78 is 0. The third kappa shape index (κ3) is 5.73. The molecule has 6 aromatic carbocycles. The first-order chi connectivity index (χ1) is 26.9. The minimum Gasteiger partial charge on any atom is -0.311 e. The lowest BCUT2D eigenvalue weighted by Crippen LogP contribution is -2.61. The largest absolute Gasteiger partial charge is 0.311 e. The minimum absolute atomic E-state index is 0.00617. The number of benzene rings is 6. The predicted molar refractivity (Wildman–Crippen MR) is 247 cm³/mol. The molecule has 10 rings (SSSR count). The molecule has 0 saturated carbocycles. The van der Waals surface area contributed by atoms with Crippen LogP contribution in [0.15, 0.2) is 97.1 Å². The van der Waals surface area contributed by atoms with Gasteiger partial charge in [0.25, 0.3) is 6.71 Å². The summed E-state index contributed by atoms with van der Waals surface area (Å²) in [7, 11) is 0. The Morgan fingerprint density at radius 1 is 0.491 bits per heavy atom. The molecule has 2 aliphatic carbocycles. The molecule has 3 heteroatoms. The molecule has 6 aromatic rings. The zero-order valence-electron chi connectivity index (χ0n) is 36.2. The van der Waals surface area contributed by atoms with E-state index in [1.165, 1.54) is 107 Å². The molecule has 57 heavy (non-hydrogen) atoms. The molecule has 0 N–H and O–H groups in total. The van der Waals surface area contributed by atoms with Crippen molar-refractivity contribution in [2.24, 2.45) is 5.41 Å². The van der Waals surface area contributed by atoms with Crippen LogP contribution in [0.4, 0.5) is 34.1 Å². The van der Waals surface area contributed by atoms with E-state index in [0.29, 0.717) is 0 Å². The van der Waals surface area contributed by atoms with Gasteiger partial charge in [-0.05, 0) is 157 Å². The van der Waals surface area contributed by atoms with Gasteiger partial charge < -0.3 is 9.80 Å². The van der Waals surface area contributed by atoms with Crippen LogP contribution < -0.4 is 26.2 Å². The highest BCUT2D eigenvalue weighted by Crippen LogP contribution is 2.50. The minimum atomic E-state index is -0.0653. The van der Waals surface area contributed by atoms with Gasteiger partial charge in [0.1, 0.15) is 0 Å². The summed E-state index contributed by atoms with van der Waals surface area (Å²) in [6.45, 7) is 26.2. The molecule has 2 aliphatic heterocycles. The van der Waals surface area contributed by atoms with Crippen LogP contribution in [0, 0.1) is 5.41 Å². The summed E-state index contributed by atoms with van der Waals surface area (Å²) in [4.78, 5) is 5.33. The molecule has 288 valence electrons. The van der Waals surface area contributed by atoms with Crippen LogP contribution in [0.5, 0.6) is 0 Å². The van der Waals surface area contributed by atoms with Crippen molar-refractivity contribution in [1.29, 1.82) is 0 Å². The summed E-state index contributed by atoms with van der Waals surface area (Å²) in [5.41, 5.74) is 22.5. The van der Waals surface area contributed by atoms with Crippen LogP contribution in [0.25, 0.3) is 10.8 Å². The fraction of sp³-hybridized carbons (Fsp3) is 0.370. The van der Waals surface area contributed by atoms with Crippen molar-refractivity contribution in [2.45, 2.75) is 125 Å². The molecule has 0 saturated heterocycles. The third-order valence-corrected chi connectivity index (χ3v) is 13.8. The first-order valence-corrected chi connectivity index (χ1v) is 21.6. The fourth-order valence-corrected chi connectivity index (χ4v) is 10.7. The van der Waals surface area contributed by atoms with Crippen LogP contribution in [0.2, 0.25) is 0 Å². The zero-order valence-corrected chi connectivity index (χ0v) is 36.2. The molecule has 2 heterocycles. The van der Waals surface area contributed by atoms with Crippen molar-refractivity contribution in [1.82, 2.24) is 0 Å². The Bertz CT molecular complexity index is 2630. The molecule has 0 fully saturated rings. The van der Waals surface area contributed by atoms with Crippen molar-refractivity contribution in [3.63, 3.8) is 0 Å². The Kier molecular flexibility index (Phi) is 7.79. The van der Waals surface area contributed by atoms with E-state index >= 15 is 0 Å². The van der Waals surface area contributed by atoms with Crippen LogP contribution in [0.3, 0.4) is 0 Å². The van der Waals surface area contributed by atoms with E-state index in [9.17, 15) is 0 Å². The molecule has 0 atom stereocenters. The van der Waals surface area contributed by atoms with Gasteiger partial charge in [-0.2, -0.15) is 0 Å². The fourth-order valence-electron chi connectivity index (χ4n) is 10.7. The molecule has 0 spiro atoms. The van der Waals surface area contributed by atoms with Crippen molar-refractivity contribution < 1.29 is 0 Å². The Labute approximate surface area is 342 Å². The number of anilines is 6. The summed E-state index contributed by atoms with van der Waals surface area (Å²) in [6, 6.07) is 39.3. The number of rotatable bonds is 2. The van der Waals surface area contributed by atoms with Gasteiger partial charge >= 0.3 is 0 Å². The highest BCUT2D eigenvalue weighted by Gasteiger charge is 2.46. The quantitative estimate of drug-likeness (QED) is 0.163. The van der Waals surface area contributed by atoms with Crippen LogP contribution >= 0.6 is 0 Å². The normalized spacial score (nSPS) is 16.7. The summed E-state index contributed by atoms with van der Waals surface area (Å²) >= 11 is 0. The van der Waals surface area contributed by atoms with Gasteiger partial charge in [-0.1, -0.05) is 131 Å². The first-order valence-electron chi connectivity index (χ1n) is 21.6. The number of hydrogen-bond acceptors (Lipinski definition) is 2. The zero-order chi connectivity index (χ0) is 40.0. The molecule has 0 radical (unpaired) electrons.